The van der Waals surface area contributed by atoms with Gasteiger partial charge < -0.3 is 14.2 Å². The standard InChI is InChI=1S/C13H14N4O2/c18-13(12-2-1-7-19-12)17-5-3-16(4-6-17)11-8-14-10-15-9-11/h1-2,7-10H,3-6H2. The van der Waals surface area contributed by atoms with Gasteiger partial charge in [0.05, 0.1) is 24.3 Å². The molecule has 0 radical (unpaired) electrons. The molecule has 98 valence electrons. The van der Waals surface area contributed by atoms with Crippen molar-refractivity contribution in [1.82, 2.24) is 14.9 Å². The summed E-state index contributed by atoms with van der Waals surface area (Å²) >= 11 is 0. The van der Waals surface area contributed by atoms with Crippen LogP contribution >= 0.6 is 0 Å². The zero-order valence-electron chi connectivity index (χ0n) is 10.4. The smallest absolute Gasteiger partial charge is 0.289 e. The highest BCUT2D eigenvalue weighted by molar-refractivity contribution is 5.91. The van der Waals surface area contributed by atoms with Crippen LogP contribution in [-0.4, -0.2) is 47.0 Å². The van der Waals surface area contributed by atoms with Gasteiger partial charge in [0.25, 0.3) is 5.91 Å². The Bertz CT molecular complexity index is 533. The average molecular weight is 258 g/mol. The SMILES string of the molecule is O=C(c1ccco1)N1CCN(c2cncnc2)CC1. The molecule has 1 aliphatic heterocycles. The molecule has 0 bridgehead atoms. The molecule has 2 aromatic rings. The van der Waals surface area contributed by atoms with Gasteiger partial charge in [-0.3, -0.25) is 4.79 Å². The van der Waals surface area contributed by atoms with E-state index >= 15 is 0 Å². The van der Waals surface area contributed by atoms with E-state index in [1.165, 1.54) is 12.6 Å². The second-order valence-electron chi connectivity index (χ2n) is 4.35. The fraction of sp³-hybridized carbons (Fsp3) is 0.308. The van der Waals surface area contributed by atoms with Crippen LogP contribution in [0.1, 0.15) is 10.6 Å². The normalized spacial score (nSPS) is 15.6. The monoisotopic (exact) mass is 258 g/mol. The molecular formula is C13H14N4O2. The van der Waals surface area contributed by atoms with Crippen LogP contribution in [0.15, 0.2) is 41.5 Å². The summed E-state index contributed by atoms with van der Waals surface area (Å²) in [5.41, 5.74) is 0.993. The summed E-state index contributed by atoms with van der Waals surface area (Å²) < 4.78 is 5.14. The number of piperazine rings is 1. The first-order valence-corrected chi connectivity index (χ1v) is 6.17. The second kappa shape index (κ2) is 5.09. The number of hydrogen-bond acceptors (Lipinski definition) is 5. The van der Waals surface area contributed by atoms with Gasteiger partial charge >= 0.3 is 0 Å². The maximum absolute atomic E-state index is 12.1. The third-order valence-corrected chi connectivity index (χ3v) is 3.21. The van der Waals surface area contributed by atoms with Crippen molar-refractivity contribution >= 4 is 11.6 Å². The van der Waals surface area contributed by atoms with Crippen LogP contribution in [0.2, 0.25) is 0 Å². The van der Waals surface area contributed by atoms with Crippen molar-refractivity contribution in [1.29, 1.82) is 0 Å². The van der Waals surface area contributed by atoms with Gasteiger partial charge in [0.15, 0.2) is 5.76 Å². The van der Waals surface area contributed by atoms with Gasteiger partial charge in [-0.25, -0.2) is 9.97 Å². The van der Waals surface area contributed by atoms with E-state index in [1.54, 1.807) is 29.4 Å². The number of anilines is 1. The maximum atomic E-state index is 12.1. The molecule has 0 aliphatic carbocycles. The Hall–Kier alpha value is -2.37. The predicted octanol–water partition coefficient (Wildman–Crippen LogP) is 1.03. The van der Waals surface area contributed by atoms with E-state index in [9.17, 15) is 4.79 Å². The highest BCUT2D eigenvalue weighted by atomic mass is 16.3. The maximum Gasteiger partial charge on any atom is 0.289 e. The zero-order valence-corrected chi connectivity index (χ0v) is 10.4. The van der Waals surface area contributed by atoms with Gasteiger partial charge in [-0.2, -0.15) is 0 Å². The minimum Gasteiger partial charge on any atom is -0.459 e. The first kappa shape index (κ1) is 11.7. The molecular weight excluding hydrogens is 244 g/mol. The Morgan fingerprint density at radius 1 is 1.16 bits per heavy atom. The quantitative estimate of drug-likeness (QED) is 0.805. The van der Waals surface area contributed by atoms with Gasteiger partial charge in [0.2, 0.25) is 0 Å². The fourth-order valence-electron chi connectivity index (χ4n) is 2.18. The van der Waals surface area contributed by atoms with Crippen molar-refractivity contribution in [2.24, 2.45) is 0 Å². The topological polar surface area (TPSA) is 62.5 Å². The third-order valence-electron chi connectivity index (χ3n) is 3.21. The van der Waals surface area contributed by atoms with Crippen molar-refractivity contribution in [3.8, 4) is 0 Å². The minimum absolute atomic E-state index is 0.0473. The molecule has 19 heavy (non-hydrogen) atoms. The summed E-state index contributed by atoms with van der Waals surface area (Å²) in [5.74, 6) is 0.352. The van der Waals surface area contributed by atoms with E-state index in [-0.39, 0.29) is 5.91 Å². The van der Waals surface area contributed by atoms with Gasteiger partial charge in [0, 0.05) is 26.2 Å². The van der Waals surface area contributed by atoms with Gasteiger partial charge in [-0.15, -0.1) is 0 Å². The Labute approximate surface area is 110 Å². The van der Waals surface area contributed by atoms with Crippen molar-refractivity contribution in [2.75, 3.05) is 31.1 Å². The van der Waals surface area contributed by atoms with Crippen LogP contribution in [0.25, 0.3) is 0 Å². The summed E-state index contributed by atoms with van der Waals surface area (Å²) in [6, 6.07) is 3.42. The second-order valence-corrected chi connectivity index (χ2v) is 4.35. The van der Waals surface area contributed by atoms with Gasteiger partial charge in [-0.1, -0.05) is 0 Å². The number of rotatable bonds is 2. The van der Waals surface area contributed by atoms with Gasteiger partial charge in [-0.05, 0) is 12.1 Å². The predicted molar refractivity (Wildman–Crippen MR) is 68.9 cm³/mol. The van der Waals surface area contributed by atoms with Crippen LogP contribution in [-0.2, 0) is 0 Å². The van der Waals surface area contributed by atoms with Crippen molar-refractivity contribution < 1.29 is 9.21 Å². The average Bonchev–Trinajstić information content (AvgIpc) is 3.02. The molecule has 6 heteroatoms. The van der Waals surface area contributed by atoms with E-state index in [0.717, 1.165) is 18.8 Å². The molecule has 0 spiro atoms. The lowest BCUT2D eigenvalue weighted by molar-refractivity contribution is 0.0714. The van der Waals surface area contributed by atoms with Crippen molar-refractivity contribution in [2.45, 2.75) is 0 Å². The summed E-state index contributed by atoms with van der Waals surface area (Å²) in [6.07, 6.45) is 6.61. The highest BCUT2D eigenvalue weighted by Gasteiger charge is 2.23. The minimum atomic E-state index is -0.0473. The third kappa shape index (κ3) is 2.42. The number of carbonyl (C=O) groups is 1. The molecule has 2 aromatic heterocycles. The van der Waals surface area contributed by atoms with Crippen molar-refractivity contribution in [3.63, 3.8) is 0 Å². The number of nitrogens with zero attached hydrogens (tertiary/aromatic N) is 4. The van der Waals surface area contributed by atoms with Gasteiger partial charge in [0.1, 0.15) is 6.33 Å². The molecule has 0 atom stereocenters. The highest BCUT2D eigenvalue weighted by Crippen LogP contribution is 2.15. The lowest BCUT2D eigenvalue weighted by Gasteiger charge is -2.35. The molecule has 0 unspecified atom stereocenters. The summed E-state index contributed by atoms with van der Waals surface area (Å²) in [6.45, 7) is 2.91. The summed E-state index contributed by atoms with van der Waals surface area (Å²) in [7, 11) is 0. The number of furan rings is 1. The van der Waals surface area contributed by atoms with E-state index in [2.05, 4.69) is 14.9 Å². The Kier molecular flexibility index (Phi) is 3.14. The molecule has 0 saturated carbocycles. The molecule has 0 N–H and O–H groups in total. The number of amides is 1. The van der Waals surface area contributed by atoms with E-state index in [4.69, 9.17) is 4.42 Å². The molecule has 3 heterocycles. The molecule has 1 saturated heterocycles. The Morgan fingerprint density at radius 3 is 2.53 bits per heavy atom. The molecule has 3 rings (SSSR count). The van der Waals surface area contributed by atoms with E-state index in [1.807, 2.05) is 0 Å². The Morgan fingerprint density at radius 2 is 1.89 bits per heavy atom. The molecule has 6 nitrogen and oxygen atoms in total. The fourth-order valence-corrected chi connectivity index (χ4v) is 2.18. The molecule has 1 amide bonds. The Balaban J connectivity index is 1.62. The van der Waals surface area contributed by atoms with Crippen LogP contribution in [0, 0.1) is 0 Å². The largest absolute Gasteiger partial charge is 0.459 e. The molecule has 1 fully saturated rings. The molecule has 1 aliphatic rings. The zero-order chi connectivity index (χ0) is 13.1. The first-order valence-electron chi connectivity index (χ1n) is 6.17. The number of hydrogen-bond donors (Lipinski definition) is 0. The van der Waals surface area contributed by atoms with Crippen LogP contribution in [0.5, 0.6) is 0 Å². The number of aromatic nitrogens is 2. The van der Waals surface area contributed by atoms with Crippen LogP contribution < -0.4 is 4.90 Å². The van der Waals surface area contributed by atoms with E-state index < -0.39 is 0 Å². The molecule has 0 aromatic carbocycles. The first-order chi connectivity index (χ1) is 9.34. The van der Waals surface area contributed by atoms with Crippen molar-refractivity contribution in [3.05, 3.63) is 42.9 Å². The summed E-state index contributed by atoms with van der Waals surface area (Å²) in [5, 5.41) is 0. The van der Waals surface area contributed by atoms with Crippen LogP contribution in [0.3, 0.4) is 0 Å². The van der Waals surface area contributed by atoms with Crippen LogP contribution in [0.4, 0.5) is 5.69 Å². The summed E-state index contributed by atoms with van der Waals surface area (Å²) in [4.78, 5) is 24.1. The number of carbonyl (C=O) groups excluding carboxylic acids is 1. The lowest BCUT2D eigenvalue weighted by Crippen LogP contribution is -2.48. The van der Waals surface area contributed by atoms with E-state index in [0.29, 0.717) is 18.8 Å². The lowest BCUT2D eigenvalue weighted by atomic mass is 10.2.